The molecule has 4 N–H and O–H groups in total. The van der Waals surface area contributed by atoms with Crippen LogP contribution in [0.4, 0.5) is 10.9 Å². The van der Waals surface area contributed by atoms with Crippen molar-refractivity contribution in [2.24, 2.45) is 5.16 Å². The second-order valence-electron chi connectivity index (χ2n) is 10.1. The molecule has 15 heteroatoms. The van der Waals surface area contributed by atoms with Gasteiger partial charge in [0.15, 0.2) is 22.3 Å². The topological polar surface area (TPSA) is 190 Å². The van der Waals surface area contributed by atoms with Crippen molar-refractivity contribution in [2.75, 3.05) is 23.8 Å². The standard InChI is InChI=1S/C27H27N7O7S/c28-27-30-16(13-42-27)20(32-41-15-5-1-2-6-15)23(35)31-21-17-12-40-18(22(26(38)39)34(17)25(21)37)11-14-8-10-33(24(14)36)19-7-3-4-9-29-19/h3-4,7,9,11,13,15,17,21H,1-2,5-6,8,10,12H2,(H2,28,30)(H,31,35)(H,38,39)/b14-11+,32-20-/t17-,21?/m1/s1. The quantitative estimate of drug-likeness (QED) is 0.173. The molecule has 0 radical (unpaired) electrons. The summed E-state index contributed by atoms with van der Waals surface area (Å²) in [5.41, 5.74) is 5.76. The van der Waals surface area contributed by atoms with Gasteiger partial charge in [-0.25, -0.2) is 14.8 Å². The number of amides is 3. The van der Waals surface area contributed by atoms with E-state index in [0.717, 1.165) is 41.9 Å². The Hall–Kier alpha value is -4.79. The van der Waals surface area contributed by atoms with Gasteiger partial charge in [0.25, 0.3) is 17.7 Å². The van der Waals surface area contributed by atoms with Gasteiger partial charge in [0.2, 0.25) is 0 Å². The number of aromatic nitrogens is 2. The summed E-state index contributed by atoms with van der Waals surface area (Å²) in [6.45, 7) is 0.273. The fourth-order valence-electron chi connectivity index (χ4n) is 5.40. The molecule has 6 rings (SSSR count). The Kier molecular flexibility index (Phi) is 7.33. The number of β-lactam (4-membered cyclic amide) rings is 1. The van der Waals surface area contributed by atoms with E-state index in [0.29, 0.717) is 24.4 Å². The molecule has 1 unspecified atom stereocenters. The summed E-state index contributed by atoms with van der Waals surface area (Å²) in [5, 5.41) is 18.5. The first-order valence-electron chi connectivity index (χ1n) is 13.4. The number of nitrogens with one attached hydrogen (secondary N) is 1. The van der Waals surface area contributed by atoms with Crippen molar-refractivity contribution in [1.29, 1.82) is 0 Å². The summed E-state index contributed by atoms with van der Waals surface area (Å²) in [6.07, 6.45) is 6.83. The van der Waals surface area contributed by atoms with E-state index in [2.05, 4.69) is 20.4 Å². The fourth-order valence-corrected chi connectivity index (χ4v) is 5.95. The van der Waals surface area contributed by atoms with Crippen LogP contribution in [0.5, 0.6) is 0 Å². The number of rotatable bonds is 8. The van der Waals surface area contributed by atoms with Crippen LogP contribution in [0, 0.1) is 0 Å². The molecule has 4 aliphatic rings. The zero-order valence-electron chi connectivity index (χ0n) is 22.3. The first kappa shape index (κ1) is 27.4. The number of aliphatic carboxylic acids is 1. The van der Waals surface area contributed by atoms with E-state index in [4.69, 9.17) is 15.3 Å². The van der Waals surface area contributed by atoms with Crippen molar-refractivity contribution in [2.45, 2.75) is 50.3 Å². The molecule has 2 aromatic rings. The van der Waals surface area contributed by atoms with E-state index in [1.807, 2.05) is 0 Å². The van der Waals surface area contributed by atoms with Gasteiger partial charge in [-0.2, -0.15) is 0 Å². The second kappa shape index (κ2) is 11.2. The molecule has 2 aromatic heterocycles. The van der Waals surface area contributed by atoms with Crippen LogP contribution in [0.25, 0.3) is 0 Å². The fraction of sp³-hybridized carbons (Fsp3) is 0.370. The molecule has 3 aliphatic heterocycles. The highest BCUT2D eigenvalue weighted by Crippen LogP contribution is 2.35. The van der Waals surface area contributed by atoms with Gasteiger partial charge in [0.1, 0.15) is 36.3 Å². The number of oxime groups is 1. The molecule has 0 aromatic carbocycles. The summed E-state index contributed by atoms with van der Waals surface area (Å²) in [7, 11) is 0. The normalized spacial score (nSPS) is 23.6. The third-order valence-corrected chi connectivity index (χ3v) is 8.20. The van der Waals surface area contributed by atoms with Gasteiger partial charge in [-0.3, -0.25) is 24.2 Å². The number of hydrogen-bond donors (Lipinski definition) is 3. The van der Waals surface area contributed by atoms with Gasteiger partial charge in [0.05, 0.1) is 0 Å². The molecular formula is C27H27N7O7S. The highest BCUT2D eigenvalue weighted by molar-refractivity contribution is 7.13. The van der Waals surface area contributed by atoms with Gasteiger partial charge in [-0.15, -0.1) is 11.3 Å². The molecule has 42 heavy (non-hydrogen) atoms. The number of carboxylic acids is 1. The minimum absolute atomic E-state index is 0.0978. The molecule has 0 spiro atoms. The zero-order chi connectivity index (χ0) is 29.4. The maximum atomic E-state index is 13.3. The lowest BCUT2D eigenvalue weighted by molar-refractivity contribution is -0.159. The third kappa shape index (κ3) is 5.06. The number of nitrogen functional groups attached to an aromatic ring is 1. The summed E-state index contributed by atoms with van der Waals surface area (Å²) >= 11 is 1.13. The molecule has 2 atom stereocenters. The number of hydrogen-bond acceptors (Lipinski definition) is 11. The summed E-state index contributed by atoms with van der Waals surface area (Å²) < 4.78 is 5.77. The number of nitrogens with two attached hydrogens (primary N) is 1. The van der Waals surface area contributed by atoms with Gasteiger partial charge >= 0.3 is 5.97 Å². The molecule has 1 aliphatic carbocycles. The van der Waals surface area contributed by atoms with Crippen LogP contribution in [0.1, 0.15) is 37.8 Å². The minimum Gasteiger partial charge on any atom is -0.489 e. The van der Waals surface area contributed by atoms with Crippen LogP contribution in [0.15, 0.2) is 58.0 Å². The Morgan fingerprint density at radius 2 is 2.07 bits per heavy atom. The van der Waals surface area contributed by atoms with Crippen molar-refractivity contribution in [3.63, 3.8) is 0 Å². The Morgan fingerprint density at radius 1 is 1.26 bits per heavy atom. The molecule has 5 heterocycles. The highest BCUT2D eigenvalue weighted by atomic mass is 32.1. The number of thiazole rings is 1. The number of pyridine rings is 1. The summed E-state index contributed by atoms with van der Waals surface area (Å²) in [4.78, 5) is 68.3. The number of nitrogens with zero attached hydrogens (tertiary/aromatic N) is 5. The highest BCUT2D eigenvalue weighted by Gasteiger charge is 2.55. The van der Waals surface area contributed by atoms with Crippen LogP contribution < -0.4 is 16.0 Å². The number of carboxylic acid groups (broad SMARTS) is 1. The van der Waals surface area contributed by atoms with Crippen LogP contribution in [-0.4, -0.2) is 80.7 Å². The number of carbonyl (C=O) groups is 4. The molecular weight excluding hydrogens is 566 g/mol. The second-order valence-corrected chi connectivity index (χ2v) is 11.0. The maximum absolute atomic E-state index is 13.3. The molecule has 218 valence electrons. The molecule has 0 bridgehead atoms. The first-order chi connectivity index (χ1) is 20.3. The van der Waals surface area contributed by atoms with Crippen LogP contribution in [-0.2, 0) is 28.8 Å². The zero-order valence-corrected chi connectivity index (χ0v) is 23.1. The van der Waals surface area contributed by atoms with Crippen molar-refractivity contribution >= 4 is 51.7 Å². The molecule has 3 amide bonds. The average Bonchev–Trinajstić information content (AvgIpc) is 3.74. The van der Waals surface area contributed by atoms with Crippen LogP contribution in [0.3, 0.4) is 0 Å². The van der Waals surface area contributed by atoms with Crippen LogP contribution in [0.2, 0.25) is 0 Å². The van der Waals surface area contributed by atoms with Crippen molar-refractivity contribution < 1.29 is 33.9 Å². The van der Waals surface area contributed by atoms with Crippen molar-refractivity contribution in [3.8, 4) is 0 Å². The van der Waals surface area contributed by atoms with Gasteiger partial charge in [0, 0.05) is 23.7 Å². The third-order valence-electron chi connectivity index (χ3n) is 7.52. The lowest BCUT2D eigenvalue weighted by Gasteiger charge is -2.49. The number of allylic oxidation sites excluding steroid dienone is 1. The van der Waals surface area contributed by atoms with E-state index in [1.165, 1.54) is 11.0 Å². The lowest BCUT2D eigenvalue weighted by atomic mass is 9.92. The van der Waals surface area contributed by atoms with Crippen molar-refractivity contribution in [1.82, 2.24) is 20.2 Å². The minimum atomic E-state index is -1.40. The number of carbonyl (C=O) groups excluding carboxylic acids is 3. The predicted molar refractivity (Wildman–Crippen MR) is 149 cm³/mol. The predicted octanol–water partition coefficient (Wildman–Crippen LogP) is 1.17. The first-order valence-corrected chi connectivity index (χ1v) is 14.3. The molecule has 2 saturated heterocycles. The van der Waals surface area contributed by atoms with E-state index in [9.17, 15) is 24.3 Å². The largest absolute Gasteiger partial charge is 0.489 e. The van der Waals surface area contributed by atoms with Gasteiger partial charge < -0.3 is 25.7 Å². The Labute approximate surface area is 243 Å². The number of anilines is 2. The maximum Gasteiger partial charge on any atom is 0.356 e. The smallest absolute Gasteiger partial charge is 0.356 e. The summed E-state index contributed by atoms with van der Waals surface area (Å²) in [5.74, 6) is -2.69. The van der Waals surface area contributed by atoms with E-state index in [1.54, 1.807) is 29.8 Å². The molecule has 14 nitrogen and oxygen atoms in total. The SMILES string of the molecule is Nc1nc(/C(=N/OC2CCCC2)C(=O)NC2C(=O)N3C(C(=O)O)=C(/C=C4\CCN(c5ccccn5)C4=O)OC[C@H]23)cs1. The monoisotopic (exact) mass is 593 g/mol. The number of ether oxygens (including phenoxy) is 1. The number of fused-ring (bicyclic) bond motifs is 1. The van der Waals surface area contributed by atoms with Gasteiger partial charge in [-0.05, 0) is 50.3 Å². The Balaban J connectivity index is 1.20. The molecule has 3 fully saturated rings. The Bertz CT molecular complexity index is 1530. The molecule has 1 saturated carbocycles. The summed E-state index contributed by atoms with van der Waals surface area (Å²) in [6, 6.07) is 3.36. The average molecular weight is 594 g/mol. The van der Waals surface area contributed by atoms with E-state index in [-0.39, 0.29) is 40.9 Å². The van der Waals surface area contributed by atoms with Crippen molar-refractivity contribution in [3.05, 3.63) is 58.6 Å². The van der Waals surface area contributed by atoms with Crippen LogP contribution >= 0.6 is 11.3 Å². The van der Waals surface area contributed by atoms with Gasteiger partial charge in [-0.1, -0.05) is 11.2 Å². The lowest BCUT2D eigenvalue weighted by Crippen LogP contribution is -2.73. The van der Waals surface area contributed by atoms with E-state index >= 15 is 0 Å². The Morgan fingerprint density at radius 3 is 2.76 bits per heavy atom. The van der Waals surface area contributed by atoms with E-state index < -0.39 is 35.6 Å².